The summed E-state index contributed by atoms with van der Waals surface area (Å²) in [6.45, 7) is -2.94. The fourth-order valence-electron chi connectivity index (χ4n) is 2.16. The number of alkyl halides is 2. The average molecular weight is 381 g/mol. The van der Waals surface area contributed by atoms with Crippen LogP contribution < -0.4 is 10.2 Å². The Morgan fingerprint density at radius 1 is 1.20 bits per heavy atom. The van der Waals surface area contributed by atoms with Gasteiger partial charge in [-0.3, -0.25) is 4.79 Å². The summed E-state index contributed by atoms with van der Waals surface area (Å²) < 4.78 is 30.0. The molecule has 3 aromatic rings. The Balaban J connectivity index is 1.76. The third kappa shape index (κ3) is 3.94. The van der Waals surface area contributed by atoms with Crippen molar-refractivity contribution in [1.29, 1.82) is 0 Å². The largest absolute Gasteiger partial charge is 0.434 e. The fraction of sp³-hybridized carbons (Fsp3) is 0.0588. The first-order chi connectivity index (χ1) is 12.1. The van der Waals surface area contributed by atoms with Gasteiger partial charge in [-0.1, -0.05) is 41.9 Å². The normalized spacial score (nSPS) is 11.4. The van der Waals surface area contributed by atoms with Gasteiger partial charge in [0, 0.05) is 15.6 Å². The van der Waals surface area contributed by atoms with E-state index in [0.29, 0.717) is 15.5 Å². The number of thiophene rings is 1. The summed E-state index contributed by atoms with van der Waals surface area (Å²) in [7, 11) is 0. The maximum Gasteiger partial charge on any atom is 0.387 e. The minimum Gasteiger partial charge on any atom is -0.434 e. The van der Waals surface area contributed by atoms with Crippen LogP contribution in [0, 0.1) is 0 Å². The molecule has 1 heterocycles. The van der Waals surface area contributed by atoms with Crippen LogP contribution in [0.1, 0.15) is 15.2 Å². The van der Waals surface area contributed by atoms with Crippen molar-refractivity contribution in [3.05, 3.63) is 64.0 Å². The van der Waals surface area contributed by atoms with Crippen molar-refractivity contribution in [3.8, 4) is 5.75 Å². The zero-order valence-electron chi connectivity index (χ0n) is 12.6. The topological polar surface area (TPSA) is 50.7 Å². The first-order valence-corrected chi connectivity index (χ1v) is 8.30. The Labute approximate surface area is 150 Å². The molecule has 2 aromatic carbocycles. The van der Waals surface area contributed by atoms with Crippen LogP contribution >= 0.6 is 22.9 Å². The Morgan fingerprint density at radius 2 is 1.92 bits per heavy atom. The number of halogens is 3. The van der Waals surface area contributed by atoms with Gasteiger partial charge in [0.1, 0.15) is 10.6 Å². The molecule has 0 radical (unpaired) electrons. The molecule has 1 amide bonds. The van der Waals surface area contributed by atoms with E-state index >= 15 is 0 Å². The van der Waals surface area contributed by atoms with E-state index in [9.17, 15) is 13.6 Å². The van der Waals surface area contributed by atoms with Crippen molar-refractivity contribution < 1.29 is 18.3 Å². The number of hydrogen-bond acceptors (Lipinski definition) is 4. The van der Waals surface area contributed by atoms with Crippen LogP contribution in [0.3, 0.4) is 0 Å². The number of para-hydroxylation sites is 1. The van der Waals surface area contributed by atoms with Crippen LogP contribution in [-0.2, 0) is 0 Å². The summed E-state index contributed by atoms with van der Waals surface area (Å²) in [5.41, 5.74) is 2.65. The summed E-state index contributed by atoms with van der Waals surface area (Å²) in [4.78, 5) is 12.6. The predicted octanol–water partition coefficient (Wildman–Crippen LogP) is 4.92. The standard InChI is InChI=1S/C17H11ClF2N2O2S/c18-14-11-6-2-4-8-13(11)25-15(14)16(23)22-21-9-10-5-1-3-7-12(10)24-17(19)20/h1-9,17H,(H,22,23). The molecule has 0 aliphatic heterocycles. The number of hydrazone groups is 1. The van der Waals surface area contributed by atoms with Gasteiger partial charge < -0.3 is 4.74 Å². The van der Waals surface area contributed by atoms with E-state index in [0.717, 1.165) is 10.1 Å². The lowest BCUT2D eigenvalue weighted by Gasteiger charge is -2.06. The molecule has 0 unspecified atom stereocenters. The zero-order valence-corrected chi connectivity index (χ0v) is 14.2. The van der Waals surface area contributed by atoms with E-state index in [2.05, 4.69) is 15.3 Å². The van der Waals surface area contributed by atoms with Gasteiger partial charge in [-0.05, 0) is 18.2 Å². The molecule has 0 aliphatic rings. The molecular weight excluding hydrogens is 370 g/mol. The molecule has 1 aromatic heterocycles. The average Bonchev–Trinajstić information content (AvgIpc) is 2.93. The quantitative estimate of drug-likeness (QED) is 0.504. The van der Waals surface area contributed by atoms with Crippen molar-refractivity contribution in [1.82, 2.24) is 5.43 Å². The number of rotatable bonds is 5. The van der Waals surface area contributed by atoms with Crippen LogP contribution in [-0.4, -0.2) is 18.7 Å². The summed E-state index contributed by atoms with van der Waals surface area (Å²) in [5.74, 6) is -0.509. The minimum absolute atomic E-state index is 0.0320. The number of carbonyl (C=O) groups excluding carboxylic acids is 1. The summed E-state index contributed by atoms with van der Waals surface area (Å²) in [5, 5.41) is 4.94. The van der Waals surface area contributed by atoms with Gasteiger partial charge in [0.25, 0.3) is 5.91 Å². The molecule has 0 atom stereocenters. The monoisotopic (exact) mass is 380 g/mol. The molecule has 128 valence electrons. The number of benzene rings is 2. The molecule has 0 saturated carbocycles. The second-order valence-electron chi connectivity index (χ2n) is 4.86. The first kappa shape index (κ1) is 17.3. The minimum atomic E-state index is -2.94. The van der Waals surface area contributed by atoms with Crippen LogP contribution in [0.2, 0.25) is 5.02 Å². The molecule has 3 rings (SSSR count). The highest BCUT2D eigenvalue weighted by Gasteiger charge is 2.16. The smallest absolute Gasteiger partial charge is 0.387 e. The second kappa shape index (κ2) is 7.58. The number of amides is 1. The first-order valence-electron chi connectivity index (χ1n) is 7.10. The lowest BCUT2D eigenvalue weighted by atomic mass is 10.2. The van der Waals surface area contributed by atoms with Crippen molar-refractivity contribution in [3.63, 3.8) is 0 Å². The van der Waals surface area contributed by atoms with Crippen molar-refractivity contribution in [2.45, 2.75) is 6.61 Å². The number of fused-ring (bicyclic) bond motifs is 1. The Hall–Kier alpha value is -2.51. The highest BCUT2D eigenvalue weighted by molar-refractivity contribution is 7.21. The summed E-state index contributed by atoms with van der Waals surface area (Å²) in [6, 6.07) is 13.5. The van der Waals surface area contributed by atoms with Gasteiger partial charge >= 0.3 is 6.61 Å². The third-order valence-corrected chi connectivity index (χ3v) is 4.92. The predicted molar refractivity (Wildman–Crippen MR) is 95.0 cm³/mol. The number of nitrogens with one attached hydrogen (secondary N) is 1. The molecule has 0 bridgehead atoms. The Kier molecular flexibility index (Phi) is 5.25. The lowest BCUT2D eigenvalue weighted by Crippen LogP contribution is -2.16. The maximum absolute atomic E-state index is 12.4. The second-order valence-corrected chi connectivity index (χ2v) is 6.29. The molecule has 0 aliphatic carbocycles. The molecule has 0 spiro atoms. The highest BCUT2D eigenvalue weighted by Crippen LogP contribution is 2.34. The van der Waals surface area contributed by atoms with E-state index in [-0.39, 0.29) is 5.75 Å². The number of ether oxygens (including phenoxy) is 1. The molecule has 8 heteroatoms. The number of carbonyl (C=O) groups is 1. The van der Waals surface area contributed by atoms with Gasteiger partial charge in [0.15, 0.2) is 0 Å². The molecule has 1 N–H and O–H groups in total. The van der Waals surface area contributed by atoms with Gasteiger partial charge in [-0.2, -0.15) is 13.9 Å². The zero-order chi connectivity index (χ0) is 17.8. The van der Waals surface area contributed by atoms with Crippen molar-refractivity contribution >= 4 is 45.1 Å². The van der Waals surface area contributed by atoms with E-state index in [1.807, 2.05) is 24.3 Å². The van der Waals surface area contributed by atoms with Gasteiger partial charge in [-0.25, -0.2) is 5.43 Å². The van der Waals surface area contributed by atoms with Crippen molar-refractivity contribution in [2.75, 3.05) is 0 Å². The van der Waals surface area contributed by atoms with Gasteiger partial charge in [0.05, 0.1) is 11.2 Å². The third-order valence-electron chi connectivity index (χ3n) is 3.25. The van der Waals surface area contributed by atoms with E-state index < -0.39 is 12.5 Å². The molecule has 25 heavy (non-hydrogen) atoms. The van der Waals surface area contributed by atoms with Gasteiger partial charge in [-0.15, -0.1) is 11.3 Å². The summed E-state index contributed by atoms with van der Waals surface area (Å²) in [6.07, 6.45) is 1.23. The molecular formula is C17H11ClF2N2O2S. The Bertz CT molecular complexity index is 943. The SMILES string of the molecule is O=C(NN=Cc1ccccc1OC(F)F)c1sc2ccccc2c1Cl. The number of hydrogen-bond donors (Lipinski definition) is 1. The van der Waals surface area contributed by atoms with Crippen LogP contribution in [0.5, 0.6) is 5.75 Å². The molecule has 0 saturated heterocycles. The van der Waals surface area contributed by atoms with E-state index in [1.165, 1.54) is 23.6 Å². The van der Waals surface area contributed by atoms with Gasteiger partial charge in [0.2, 0.25) is 0 Å². The molecule has 4 nitrogen and oxygen atoms in total. The highest BCUT2D eigenvalue weighted by atomic mass is 35.5. The van der Waals surface area contributed by atoms with Crippen LogP contribution in [0.4, 0.5) is 8.78 Å². The Morgan fingerprint density at radius 3 is 2.68 bits per heavy atom. The fourth-order valence-corrected chi connectivity index (χ4v) is 3.57. The summed E-state index contributed by atoms with van der Waals surface area (Å²) >= 11 is 7.47. The van der Waals surface area contributed by atoms with Crippen LogP contribution in [0.15, 0.2) is 53.6 Å². The van der Waals surface area contributed by atoms with E-state index in [4.69, 9.17) is 11.6 Å². The van der Waals surface area contributed by atoms with E-state index in [1.54, 1.807) is 18.2 Å². The van der Waals surface area contributed by atoms with Crippen molar-refractivity contribution in [2.24, 2.45) is 5.10 Å². The molecule has 0 fully saturated rings. The lowest BCUT2D eigenvalue weighted by molar-refractivity contribution is -0.0499. The van der Waals surface area contributed by atoms with Crippen LogP contribution in [0.25, 0.3) is 10.1 Å². The number of nitrogens with zero attached hydrogens (tertiary/aromatic N) is 1. The maximum atomic E-state index is 12.4.